The summed E-state index contributed by atoms with van der Waals surface area (Å²) in [6, 6.07) is 19.0. The number of thiophene rings is 1. The third-order valence-electron chi connectivity index (χ3n) is 5.15. The number of para-hydroxylation sites is 1. The maximum absolute atomic E-state index is 14.7. The lowest BCUT2D eigenvalue weighted by Gasteiger charge is -2.12. The Hall–Kier alpha value is -4.11. The Morgan fingerprint density at radius 3 is 2.54 bits per heavy atom. The molecule has 0 fully saturated rings. The van der Waals surface area contributed by atoms with Gasteiger partial charge in [-0.3, -0.25) is 9.59 Å². The molecule has 0 saturated heterocycles. The fourth-order valence-corrected chi connectivity index (χ4v) is 4.65. The molecule has 0 saturated carbocycles. The van der Waals surface area contributed by atoms with Crippen LogP contribution < -0.4 is 25.3 Å². The van der Waals surface area contributed by atoms with Gasteiger partial charge >= 0.3 is 0 Å². The van der Waals surface area contributed by atoms with Crippen LogP contribution in [0.5, 0.6) is 17.2 Å². The van der Waals surface area contributed by atoms with Crippen molar-refractivity contribution in [1.82, 2.24) is 5.32 Å². The normalized spacial score (nSPS) is 10.7. The fraction of sp³-hybridized carbons (Fsp3) is 0.154. The van der Waals surface area contributed by atoms with E-state index >= 15 is 0 Å². The van der Waals surface area contributed by atoms with Crippen LogP contribution in [-0.2, 0) is 17.9 Å². The first kappa shape index (κ1) is 24.0. The molecule has 180 valence electrons. The smallest absolute Gasteiger partial charge is 0.262 e. The average Bonchev–Trinajstić information content (AvgIpc) is 3.25. The number of hydrogen-bond donors (Lipinski definition) is 2. The van der Waals surface area contributed by atoms with Gasteiger partial charge in [0, 0.05) is 22.2 Å². The Bertz CT molecular complexity index is 1360. The second kappa shape index (κ2) is 10.9. The van der Waals surface area contributed by atoms with Gasteiger partial charge in [0.2, 0.25) is 0 Å². The Labute approximate surface area is 205 Å². The number of carbonyl (C=O) groups excluding carboxylic acids is 2. The molecule has 7 nitrogen and oxygen atoms in total. The molecule has 0 bridgehead atoms. The van der Waals surface area contributed by atoms with Crippen LogP contribution in [0.15, 0.2) is 66.7 Å². The van der Waals surface area contributed by atoms with Crippen LogP contribution in [0.25, 0.3) is 10.1 Å². The van der Waals surface area contributed by atoms with E-state index in [0.29, 0.717) is 37.8 Å². The third kappa shape index (κ3) is 5.70. The summed E-state index contributed by atoms with van der Waals surface area (Å²) in [5.74, 6) is 0.0436. The van der Waals surface area contributed by atoms with Gasteiger partial charge < -0.3 is 25.3 Å². The highest BCUT2D eigenvalue weighted by Gasteiger charge is 2.21. The molecule has 0 unspecified atom stereocenters. The number of primary amides is 1. The van der Waals surface area contributed by atoms with Crippen molar-refractivity contribution in [3.05, 3.63) is 88.6 Å². The molecule has 4 rings (SSSR count). The molecule has 35 heavy (non-hydrogen) atoms. The first-order valence-corrected chi connectivity index (χ1v) is 11.5. The summed E-state index contributed by atoms with van der Waals surface area (Å²) in [6.07, 6.45) is 0. The van der Waals surface area contributed by atoms with E-state index in [2.05, 4.69) is 5.32 Å². The van der Waals surface area contributed by atoms with E-state index in [0.717, 1.165) is 5.56 Å². The second-order valence-electron chi connectivity index (χ2n) is 7.55. The molecule has 0 aliphatic heterocycles. The second-order valence-corrected chi connectivity index (χ2v) is 8.60. The van der Waals surface area contributed by atoms with Crippen molar-refractivity contribution in [2.24, 2.45) is 5.73 Å². The Morgan fingerprint density at radius 2 is 1.80 bits per heavy atom. The molecule has 1 aromatic heterocycles. The van der Waals surface area contributed by atoms with Gasteiger partial charge in [-0.05, 0) is 42.0 Å². The molecule has 3 aromatic carbocycles. The number of methoxy groups -OCH3 is 1. The zero-order valence-electron chi connectivity index (χ0n) is 18.9. The number of fused-ring (bicyclic) bond motifs is 1. The van der Waals surface area contributed by atoms with Crippen LogP contribution in [0, 0.1) is 5.82 Å². The molecule has 1 heterocycles. The van der Waals surface area contributed by atoms with E-state index in [1.54, 1.807) is 42.5 Å². The molecule has 3 N–H and O–H groups in total. The maximum Gasteiger partial charge on any atom is 0.262 e. The standard InChI is InChI=1S/C26H23FN2O5S/c1-32-21-12-16(10-11-20(21)34-15-23(28)30)13-29-26(31)25-18(14-33-17-6-3-2-4-7-17)24-19(27)8-5-9-22(24)35-25/h2-12H,13-15H2,1H3,(H2,28,30)(H,29,31). The molecule has 4 aromatic rings. The van der Waals surface area contributed by atoms with Crippen LogP contribution in [0.4, 0.5) is 4.39 Å². The summed E-state index contributed by atoms with van der Waals surface area (Å²) >= 11 is 1.22. The van der Waals surface area contributed by atoms with E-state index in [1.807, 2.05) is 18.2 Å². The predicted octanol–water partition coefficient (Wildman–Crippen LogP) is 4.42. The maximum atomic E-state index is 14.7. The van der Waals surface area contributed by atoms with E-state index in [4.69, 9.17) is 19.9 Å². The molecule has 0 atom stereocenters. The quantitative estimate of drug-likeness (QED) is 0.340. The fourth-order valence-electron chi connectivity index (χ4n) is 3.51. The number of ether oxygens (including phenoxy) is 3. The molecule has 0 spiro atoms. The lowest BCUT2D eigenvalue weighted by molar-refractivity contribution is -0.119. The Morgan fingerprint density at radius 1 is 1.00 bits per heavy atom. The zero-order chi connectivity index (χ0) is 24.8. The van der Waals surface area contributed by atoms with Crippen molar-refractivity contribution in [2.75, 3.05) is 13.7 Å². The minimum Gasteiger partial charge on any atom is -0.493 e. The van der Waals surface area contributed by atoms with Gasteiger partial charge in [-0.1, -0.05) is 30.3 Å². The van der Waals surface area contributed by atoms with Crippen LogP contribution in [-0.4, -0.2) is 25.5 Å². The summed E-state index contributed by atoms with van der Waals surface area (Å²) in [6.45, 7) is -0.0306. The largest absolute Gasteiger partial charge is 0.493 e. The van der Waals surface area contributed by atoms with Gasteiger partial charge in [-0.25, -0.2) is 4.39 Å². The van der Waals surface area contributed by atoms with Crippen LogP contribution in [0.1, 0.15) is 20.8 Å². The van der Waals surface area contributed by atoms with Gasteiger partial charge in [-0.2, -0.15) is 0 Å². The molecule has 0 aliphatic rings. The number of halogens is 1. The highest BCUT2D eigenvalue weighted by Crippen LogP contribution is 2.34. The highest BCUT2D eigenvalue weighted by atomic mass is 32.1. The average molecular weight is 495 g/mol. The molecule has 0 radical (unpaired) electrons. The summed E-state index contributed by atoms with van der Waals surface area (Å²) in [4.78, 5) is 24.5. The monoisotopic (exact) mass is 494 g/mol. The predicted molar refractivity (Wildman–Crippen MR) is 131 cm³/mol. The SMILES string of the molecule is COc1cc(CNC(=O)c2sc3cccc(F)c3c2COc2ccccc2)ccc1OCC(N)=O. The molecular formula is C26H23FN2O5S. The van der Waals surface area contributed by atoms with Gasteiger partial charge in [0.1, 0.15) is 18.2 Å². The molecule has 9 heteroatoms. The Balaban J connectivity index is 1.53. The first-order valence-electron chi connectivity index (χ1n) is 10.7. The van der Waals surface area contributed by atoms with Crippen LogP contribution >= 0.6 is 11.3 Å². The summed E-state index contributed by atoms with van der Waals surface area (Å²) < 4.78 is 31.9. The van der Waals surface area contributed by atoms with Crippen molar-refractivity contribution in [2.45, 2.75) is 13.2 Å². The van der Waals surface area contributed by atoms with Crippen molar-refractivity contribution < 1.29 is 28.2 Å². The lowest BCUT2D eigenvalue weighted by Crippen LogP contribution is -2.23. The van der Waals surface area contributed by atoms with Crippen molar-refractivity contribution in [1.29, 1.82) is 0 Å². The van der Waals surface area contributed by atoms with E-state index in [1.165, 1.54) is 24.5 Å². The first-order chi connectivity index (χ1) is 17.0. The number of amides is 2. The topological polar surface area (TPSA) is 99.9 Å². The third-order valence-corrected chi connectivity index (χ3v) is 6.34. The van der Waals surface area contributed by atoms with Gasteiger partial charge in [0.25, 0.3) is 11.8 Å². The summed E-state index contributed by atoms with van der Waals surface area (Å²) in [5.41, 5.74) is 6.36. The van der Waals surface area contributed by atoms with Gasteiger partial charge in [0.05, 0.1) is 12.0 Å². The number of carbonyl (C=O) groups is 2. The van der Waals surface area contributed by atoms with Crippen molar-refractivity contribution in [3.63, 3.8) is 0 Å². The molecular weight excluding hydrogens is 471 g/mol. The zero-order valence-corrected chi connectivity index (χ0v) is 19.7. The van der Waals surface area contributed by atoms with Gasteiger partial charge in [-0.15, -0.1) is 11.3 Å². The Kier molecular flexibility index (Phi) is 7.47. The summed E-state index contributed by atoms with van der Waals surface area (Å²) in [5, 5.41) is 3.26. The number of hydrogen-bond acceptors (Lipinski definition) is 6. The van der Waals surface area contributed by atoms with Crippen molar-refractivity contribution in [3.8, 4) is 17.2 Å². The van der Waals surface area contributed by atoms with Crippen molar-refractivity contribution >= 4 is 33.2 Å². The molecule has 2 amide bonds. The summed E-state index contributed by atoms with van der Waals surface area (Å²) in [7, 11) is 1.47. The van der Waals surface area contributed by atoms with Gasteiger partial charge in [0.15, 0.2) is 18.1 Å². The van der Waals surface area contributed by atoms with E-state index in [-0.39, 0.29) is 25.7 Å². The minimum atomic E-state index is -0.602. The minimum absolute atomic E-state index is 0.0490. The number of rotatable bonds is 10. The number of nitrogens with two attached hydrogens (primary N) is 1. The van der Waals surface area contributed by atoms with Crippen LogP contribution in [0.3, 0.4) is 0 Å². The van der Waals surface area contributed by atoms with Crippen LogP contribution in [0.2, 0.25) is 0 Å². The van der Waals surface area contributed by atoms with E-state index in [9.17, 15) is 14.0 Å². The highest BCUT2D eigenvalue weighted by molar-refractivity contribution is 7.21. The molecule has 0 aliphatic carbocycles. The van der Waals surface area contributed by atoms with E-state index < -0.39 is 11.7 Å². The number of nitrogens with one attached hydrogen (secondary N) is 1. The number of benzene rings is 3. The lowest BCUT2D eigenvalue weighted by atomic mass is 10.1.